The van der Waals surface area contributed by atoms with Crippen LogP contribution >= 0.6 is 0 Å². The third kappa shape index (κ3) is 3.67. The van der Waals surface area contributed by atoms with Crippen LogP contribution in [0.4, 0.5) is 0 Å². The van der Waals surface area contributed by atoms with Crippen molar-refractivity contribution in [2.45, 2.75) is 51.1 Å². The van der Waals surface area contributed by atoms with Crippen LogP contribution in [0.1, 0.15) is 38.5 Å². The first-order valence-electron chi connectivity index (χ1n) is 6.14. The van der Waals surface area contributed by atoms with Crippen molar-refractivity contribution >= 4 is 0 Å². The Kier molecular flexibility index (Phi) is 4.21. The number of nitrogens with zero attached hydrogens (tertiary/aromatic N) is 2. The Morgan fingerprint density at radius 2 is 2.13 bits per heavy atom. The Morgan fingerprint density at radius 1 is 1.27 bits per heavy atom. The lowest BCUT2D eigenvalue weighted by molar-refractivity contribution is 0.494. The smallest absolute Gasteiger partial charge is 0.0945 e. The number of aromatic nitrogens is 2. The van der Waals surface area contributed by atoms with E-state index in [1.807, 2.05) is 18.7 Å². The van der Waals surface area contributed by atoms with E-state index < -0.39 is 0 Å². The Balaban J connectivity index is 1.48. The fraction of sp³-hybridized carbons (Fsp3) is 0.750. The molecule has 0 aromatic carbocycles. The van der Waals surface area contributed by atoms with Gasteiger partial charge in [0.05, 0.1) is 6.33 Å². The normalized spacial score (nSPS) is 17.3. The quantitative estimate of drug-likeness (QED) is 0.725. The second-order valence-electron chi connectivity index (χ2n) is 4.44. The summed E-state index contributed by atoms with van der Waals surface area (Å²) in [5, 5.41) is 3.64. The monoisotopic (exact) mass is 207 g/mol. The van der Waals surface area contributed by atoms with Gasteiger partial charge in [0.15, 0.2) is 0 Å². The SMILES string of the molecule is c1cn(CCCCNC2CCCC2)cn1. The summed E-state index contributed by atoms with van der Waals surface area (Å²) in [5.41, 5.74) is 0. The van der Waals surface area contributed by atoms with E-state index in [4.69, 9.17) is 0 Å². The standard InChI is InChI=1S/C12H21N3/c1-2-6-12(5-1)14-7-3-4-9-15-10-8-13-11-15/h8,10-12,14H,1-7,9H2. The molecule has 1 aliphatic carbocycles. The van der Waals surface area contributed by atoms with Gasteiger partial charge in [0.2, 0.25) is 0 Å². The summed E-state index contributed by atoms with van der Waals surface area (Å²) in [6, 6.07) is 0.818. The Bertz CT molecular complexity index is 250. The molecule has 0 radical (unpaired) electrons. The predicted molar refractivity (Wildman–Crippen MR) is 61.7 cm³/mol. The molecule has 1 aliphatic rings. The van der Waals surface area contributed by atoms with Crippen molar-refractivity contribution in [3.05, 3.63) is 18.7 Å². The molecule has 0 spiro atoms. The minimum absolute atomic E-state index is 0.818. The maximum atomic E-state index is 4.03. The maximum Gasteiger partial charge on any atom is 0.0945 e. The first kappa shape index (κ1) is 10.7. The van der Waals surface area contributed by atoms with Crippen molar-refractivity contribution in [1.29, 1.82) is 0 Å². The zero-order valence-corrected chi connectivity index (χ0v) is 9.36. The molecule has 0 saturated heterocycles. The van der Waals surface area contributed by atoms with Crippen LogP contribution in [0, 0.1) is 0 Å². The van der Waals surface area contributed by atoms with Gasteiger partial charge in [-0.05, 0) is 32.2 Å². The Morgan fingerprint density at radius 3 is 2.87 bits per heavy atom. The summed E-state index contributed by atoms with van der Waals surface area (Å²) in [5.74, 6) is 0. The van der Waals surface area contributed by atoms with Gasteiger partial charge in [-0.15, -0.1) is 0 Å². The lowest BCUT2D eigenvalue weighted by Gasteiger charge is -2.11. The van der Waals surface area contributed by atoms with Gasteiger partial charge in [0.1, 0.15) is 0 Å². The van der Waals surface area contributed by atoms with Crippen LogP contribution in [0.25, 0.3) is 0 Å². The van der Waals surface area contributed by atoms with Crippen molar-refractivity contribution < 1.29 is 0 Å². The molecule has 3 nitrogen and oxygen atoms in total. The van der Waals surface area contributed by atoms with Crippen molar-refractivity contribution in [1.82, 2.24) is 14.9 Å². The number of hydrogen-bond acceptors (Lipinski definition) is 2. The lowest BCUT2D eigenvalue weighted by Crippen LogP contribution is -2.26. The highest BCUT2D eigenvalue weighted by Gasteiger charge is 2.12. The van der Waals surface area contributed by atoms with E-state index in [9.17, 15) is 0 Å². The molecule has 0 unspecified atom stereocenters. The molecule has 3 heteroatoms. The molecule has 0 amide bonds. The van der Waals surface area contributed by atoms with Crippen LogP contribution in [-0.2, 0) is 6.54 Å². The largest absolute Gasteiger partial charge is 0.337 e. The van der Waals surface area contributed by atoms with Crippen LogP contribution in [0.15, 0.2) is 18.7 Å². The van der Waals surface area contributed by atoms with Crippen molar-refractivity contribution in [3.63, 3.8) is 0 Å². The number of aryl methyl sites for hydroxylation is 1. The molecular formula is C12H21N3. The molecular weight excluding hydrogens is 186 g/mol. The third-order valence-corrected chi connectivity index (χ3v) is 3.19. The molecule has 0 bridgehead atoms. The van der Waals surface area contributed by atoms with Crippen LogP contribution in [-0.4, -0.2) is 22.1 Å². The van der Waals surface area contributed by atoms with E-state index in [1.165, 1.54) is 45.1 Å². The summed E-state index contributed by atoms with van der Waals surface area (Å²) < 4.78 is 2.15. The van der Waals surface area contributed by atoms with Gasteiger partial charge < -0.3 is 9.88 Å². The molecule has 1 aromatic heterocycles. The minimum atomic E-state index is 0.818. The van der Waals surface area contributed by atoms with E-state index in [1.54, 1.807) is 0 Å². The van der Waals surface area contributed by atoms with E-state index in [-0.39, 0.29) is 0 Å². The van der Waals surface area contributed by atoms with Gasteiger partial charge >= 0.3 is 0 Å². The highest BCUT2D eigenvalue weighted by Crippen LogP contribution is 2.17. The summed E-state index contributed by atoms with van der Waals surface area (Å²) in [6.45, 7) is 2.28. The fourth-order valence-electron chi connectivity index (χ4n) is 2.27. The van der Waals surface area contributed by atoms with Crippen LogP contribution in [0.2, 0.25) is 0 Å². The summed E-state index contributed by atoms with van der Waals surface area (Å²) in [4.78, 5) is 4.03. The molecule has 1 aromatic rings. The number of nitrogens with one attached hydrogen (secondary N) is 1. The van der Waals surface area contributed by atoms with Crippen LogP contribution < -0.4 is 5.32 Å². The molecule has 1 fully saturated rings. The van der Waals surface area contributed by atoms with Gasteiger partial charge in [-0.3, -0.25) is 0 Å². The number of rotatable bonds is 6. The van der Waals surface area contributed by atoms with Crippen LogP contribution in [0.3, 0.4) is 0 Å². The second kappa shape index (κ2) is 5.91. The first-order chi connectivity index (χ1) is 7.45. The number of unbranched alkanes of at least 4 members (excludes halogenated alkanes) is 1. The first-order valence-corrected chi connectivity index (χ1v) is 6.14. The maximum absolute atomic E-state index is 4.03. The third-order valence-electron chi connectivity index (χ3n) is 3.19. The minimum Gasteiger partial charge on any atom is -0.337 e. The average molecular weight is 207 g/mol. The predicted octanol–water partition coefficient (Wildman–Crippen LogP) is 2.20. The second-order valence-corrected chi connectivity index (χ2v) is 4.44. The van der Waals surface area contributed by atoms with Crippen molar-refractivity contribution in [2.75, 3.05) is 6.54 Å². The Hall–Kier alpha value is -0.830. The zero-order chi connectivity index (χ0) is 10.3. The fourth-order valence-corrected chi connectivity index (χ4v) is 2.27. The van der Waals surface area contributed by atoms with Crippen LogP contribution in [0.5, 0.6) is 0 Å². The van der Waals surface area contributed by atoms with E-state index in [0.29, 0.717) is 0 Å². The van der Waals surface area contributed by atoms with Gasteiger partial charge in [-0.25, -0.2) is 4.98 Å². The van der Waals surface area contributed by atoms with E-state index in [2.05, 4.69) is 14.9 Å². The molecule has 0 aliphatic heterocycles. The molecule has 1 saturated carbocycles. The molecule has 15 heavy (non-hydrogen) atoms. The number of hydrogen-bond donors (Lipinski definition) is 1. The lowest BCUT2D eigenvalue weighted by atomic mass is 10.2. The average Bonchev–Trinajstić information content (AvgIpc) is 2.88. The van der Waals surface area contributed by atoms with Gasteiger partial charge in [0.25, 0.3) is 0 Å². The number of imidazole rings is 1. The molecule has 1 heterocycles. The molecule has 2 rings (SSSR count). The molecule has 0 atom stereocenters. The van der Waals surface area contributed by atoms with Gasteiger partial charge in [-0.2, -0.15) is 0 Å². The van der Waals surface area contributed by atoms with Crippen molar-refractivity contribution in [3.8, 4) is 0 Å². The van der Waals surface area contributed by atoms with Crippen molar-refractivity contribution in [2.24, 2.45) is 0 Å². The van der Waals surface area contributed by atoms with Gasteiger partial charge in [0, 0.05) is 25.0 Å². The Labute approximate surface area is 91.9 Å². The highest BCUT2D eigenvalue weighted by molar-refractivity contribution is 4.75. The van der Waals surface area contributed by atoms with E-state index >= 15 is 0 Å². The molecule has 84 valence electrons. The van der Waals surface area contributed by atoms with E-state index in [0.717, 1.165) is 12.6 Å². The highest BCUT2D eigenvalue weighted by atomic mass is 15.0. The van der Waals surface area contributed by atoms with Gasteiger partial charge in [-0.1, -0.05) is 12.8 Å². The summed E-state index contributed by atoms with van der Waals surface area (Å²) >= 11 is 0. The molecule has 1 N–H and O–H groups in total. The summed E-state index contributed by atoms with van der Waals surface area (Å²) in [7, 11) is 0. The zero-order valence-electron chi connectivity index (χ0n) is 9.36. The topological polar surface area (TPSA) is 29.9 Å². The summed E-state index contributed by atoms with van der Waals surface area (Å²) in [6.07, 6.45) is 13.9.